The van der Waals surface area contributed by atoms with Crippen LogP contribution in [0, 0.1) is 6.92 Å². The number of carboxylic acids is 1. The van der Waals surface area contributed by atoms with Crippen LogP contribution in [0.1, 0.15) is 15.9 Å². The minimum atomic E-state index is -3.81. The molecule has 0 bridgehead atoms. The van der Waals surface area contributed by atoms with E-state index < -0.39 is 16.0 Å². The van der Waals surface area contributed by atoms with E-state index >= 15 is 0 Å². The van der Waals surface area contributed by atoms with Crippen LogP contribution in [0.2, 0.25) is 0 Å². The molecule has 0 unspecified atom stereocenters. The van der Waals surface area contributed by atoms with Gasteiger partial charge in [-0.05, 0) is 49.9 Å². The van der Waals surface area contributed by atoms with Crippen molar-refractivity contribution in [3.63, 3.8) is 0 Å². The first kappa shape index (κ1) is 29.7. The first-order chi connectivity index (χ1) is 14.7. The lowest BCUT2D eigenvalue weighted by molar-refractivity contribution is 0.0699. The van der Waals surface area contributed by atoms with E-state index in [4.69, 9.17) is 0 Å². The van der Waals surface area contributed by atoms with Gasteiger partial charge in [-0.1, -0.05) is 18.2 Å². The van der Waals surface area contributed by atoms with Gasteiger partial charge in [0.25, 0.3) is 10.0 Å². The van der Waals surface area contributed by atoms with Crippen LogP contribution >= 0.6 is 37.2 Å². The number of fused-ring (bicyclic) bond motifs is 1. The molecular formula is C22H27Cl3N4O4S. The van der Waals surface area contributed by atoms with Crippen molar-refractivity contribution in [2.24, 2.45) is 0 Å². The molecule has 1 saturated heterocycles. The number of rotatable bonds is 5. The Labute approximate surface area is 217 Å². The zero-order valence-corrected chi connectivity index (χ0v) is 21.9. The SMILES string of the molecule is Cc1ccccc1S(=O)(=O)Nc1ccc2nc(N3CCN(C)CC3)cc(C(=O)O)c2c1.Cl.Cl.Cl. The lowest BCUT2D eigenvalue weighted by Crippen LogP contribution is -2.44. The fourth-order valence-corrected chi connectivity index (χ4v) is 5.01. The zero-order chi connectivity index (χ0) is 22.2. The van der Waals surface area contributed by atoms with E-state index in [1.165, 1.54) is 12.1 Å². The van der Waals surface area contributed by atoms with Gasteiger partial charge in [0, 0.05) is 37.3 Å². The summed E-state index contributed by atoms with van der Waals surface area (Å²) in [5.41, 5.74) is 1.51. The number of nitrogens with zero attached hydrogens (tertiary/aromatic N) is 3. The maximum Gasteiger partial charge on any atom is 0.336 e. The molecule has 1 aliphatic rings. The number of carbonyl (C=O) groups is 1. The number of pyridine rings is 1. The number of likely N-dealkylation sites (N-methyl/N-ethyl adjacent to an activating group) is 1. The largest absolute Gasteiger partial charge is 0.478 e. The number of carboxylic acid groups (broad SMARTS) is 1. The van der Waals surface area contributed by atoms with Crippen molar-refractivity contribution in [1.29, 1.82) is 0 Å². The number of benzene rings is 2. The first-order valence-electron chi connectivity index (χ1n) is 9.94. The summed E-state index contributed by atoms with van der Waals surface area (Å²) in [6, 6.07) is 13.0. The maximum atomic E-state index is 12.8. The molecule has 2 aromatic carbocycles. The van der Waals surface area contributed by atoms with Crippen LogP contribution in [0.5, 0.6) is 0 Å². The summed E-state index contributed by atoms with van der Waals surface area (Å²) in [4.78, 5) is 21.1. The lowest BCUT2D eigenvalue weighted by atomic mass is 10.1. The number of aromatic carboxylic acids is 1. The monoisotopic (exact) mass is 548 g/mol. The molecule has 186 valence electrons. The van der Waals surface area contributed by atoms with Gasteiger partial charge in [-0.25, -0.2) is 18.2 Å². The van der Waals surface area contributed by atoms with Crippen LogP contribution in [0.15, 0.2) is 53.4 Å². The predicted molar refractivity (Wildman–Crippen MR) is 142 cm³/mol. The average Bonchev–Trinajstić information content (AvgIpc) is 2.73. The molecule has 2 heterocycles. The van der Waals surface area contributed by atoms with Gasteiger partial charge in [0.15, 0.2) is 0 Å². The van der Waals surface area contributed by atoms with E-state index in [0.29, 0.717) is 22.3 Å². The molecule has 0 saturated carbocycles. The number of nitrogens with one attached hydrogen (secondary N) is 1. The Bertz CT molecular complexity index is 1270. The van der Waals surface area contributed by atoms with Gasteiger partial charge in [0.2, 0.25) is 0 Å². The topological polar surface area (TPSA) is 103 Å². The zero-order valence-electron chi connectivity index (χ0n) is 18.6. The highest BCUT2D eigenvalue weighted by Crippen LogP contribution is 2.28. The normalized spacial score (nSPS) is 13.9. The Morgan fingerprint density at radius 3 is 2.26 bits per heavy atom. The van der Waals surface area contributed by atoms with Gasteiger partial charge in [-0.2, -0.15) is 0 Å². The van der Waals surface area contributed by atoms with Crippen molar-refractivity contribution in [2.45, 2.75) is 11.8 Å². The predicted octanol–water partition coefficient (Wildman–Crippen LogP) is 4.06. The Morgan fingerprint density at radius 2 is 1.65 bits per heavy atom. The fraction of sp³-hybridized carbons (Fsp3) is 0.273. The summed E-state index contributed by atoms with van der Waals surface area (Å²) >= 11 is 0. The second-order valence-corrected chi connectivity index (χ2v) is 9.38. The first-order valence-corrected chi connectivity index (χ1v) is 11.4. The average molecular weight is 550 g/mol. The van der Waals surface area contributed by atoms with Gasteiger partial charge in [0.05, 0.1) is 16.0 Å². The molecule has 0 aliphatic carbocycles. The van der Waals surface area contributed by atoms with Crippen LogP contribution in [0.25, 0.3) is 10.9 Å². The third-order valence-corrected chi connectivity index (χ3v) is 7.03. The second-order valence-electron chi connectivity index (χ2n) is 7.73. The van der Waals surface area contributed by atoms with Crippen LogP contribution < -0.4 is 9.62 Å². The molecule has 3 aromatic rings. The standard InChI is InChI=1S/C22H24N4O4S.3ClH/c1-15-5-3-4-6-20(15)31(29,30)24-16-7-8-19-17(13-16)18(22(27)28)14-21(23-19)26-11-9-25(2)10-12-26;;;/h3-8,13-14,24H,9-12H2,1-2H3,(H,27,28);3*1H. The molecule has 8 nitrogen and oxygen atoms in total. The van der Waals surface area contributed by atoms with Gasteiger partial charge in [-0.3, -0.25) is 4.72 Å². The quantitative estimate of drug-likeness (QED) is 0.495. The second kappa shape index (κ2) is 11.9. The molecule has 0 amide bonds. The molecule has 1 fully saturated rings. The van der Waals surface area contributed by atoms with Gasteiger partial charge in [-0.15, -0.1) is 37.2 Å². The summed E-state index contributed by atoms with van der Waals surface area (Å²) in [6.07, 6.45) is 0. The Balaban J connectivity index is 0.00000193. The van der Waals surface area contributed by atoms with E-state index in [-0.39, 0.29) is 53.4 Å². The lowest BCUT2D eigenvalue weighted by Gasteiger charge is -2.33. The number of aromatic nitrogens is 1. The van der Waals surface area contributed by atoms with Crippen molar-refractivity contribution in [3.05, 3.63) is 59.7 Å². The Hall–Kier alpha value is -2.30. The Morgan fingerprint density at radius 1 is 1.00 bits per heavy atom. The van der Waals surface area contributed by atoms with Crippen LogP contribution in [0.4, 0.5) is 11.5 Å². The van der Waals surface area contributed by atoms with Crippen LogP contribution in [-0.2, 0) is 10.0 Å². The number of piperazine rings is 1. The fourth-order valence-electron chi connectivity index (χ4n) is 3.72. The highest BCUT2D eigenvalue weighted by atomic mass is 35.5. The smallest absolute Gasteiger partial charge is 0.336 e. The van der Waals surface area contributed by atoms with E-state index in [2.05, 4.69) is 19.5 Å². The molecule has 1 aliphatic heterocycles. The molecule has 0 spiro atoms. The molecule has 4 rings (SSSR count). The minimum absolute atomic E-state index is 0. The summed E-state index contributed by atoms with van der Waals surface area (Å²) in [5, 5.41) is 10.2. The van der Waals surface area contributed by atoms with Gasteiger partial charge in [0.1, 0.15) is 5.82 Å². The molecule has 2 N–H and O–H groups in total. The van der Waals surface area contributed by atoms with E-state index in [0.717, 1.165) is 26.2 Å². The van der Waals surface area contributed by atoms with Crippen molar-refractivity contribution in [3.8, 4) is 0 Å². The molecular weight excluding hydrogens is 523 g/mol. The Kier molecular flexibility index (Phi) is 10.4. The molecule has 0 atom stereocenters. The van der Waals surface area contributed by atoms with E-state index in [1.54, 1.807) is 43.3 Å². The van der Waals surface area contributed by atoms with E-state index in [9.17, 15) is 18.3 Å². The van der Waals surface area contributed by atoms with Gasteiger partial charge >= 0.3 is 5.97 Å². The maximum absolute atomic E-state index is 12.8. The molecule has 0 radical (unpaired) electrons. The number of hydrogen-bond acceptors (Lipinski definition) is 6. The highest BCUT2D eigenvalue weighted by Gasteiger charge is 2.21. The van der Waals surface area contributed by atoms with Crippen molar-refractivity contribution in [1.82, 2.24) is 9.88 Å². The van der Waals surface area contributed by atoms with Crippen LogP contribution in [-0.4, -0.2) is 62.6 Å². The molecule has 34 heavy (non-hydrogen) atoms. The third kappa shape index (κ3) is 6.22. The molecule has 1 aromatic heterocycles. The highest BCUT2D eigenvalue weighted by molar-refractivity contribution is 7.92. The third-order valence-electron chi connectivity index (χ3n) is 5.49. The summed E-state index contributed by atoms with van der Waals surface area (Å²) < 4.78 is 28.2. The van der Waals surface area contributed by atoms with Crippen molar-refractivity contribution < 1.29 is 18.3 Å². The number of aryl methyl sites for hydroxylation is 1. The van der Waals surface area contributed by atoms with Crippen molar-refractivity contribution >= 4 is 75.6 Å². The minimum Gasteiger partial charge on any atom is -0.478 e. The molecule has 12 heteroatoms. The summed E-state index contributed by atoms with van der Waals surface area (Å²) in [7, 11) is -1.76. The van der Waals surface area contributed by atoms with Crippen LogP contribution in [0.3, 0.4) is 0 Å². The summed E-state index contributed by atoms with van der Waals surface area (Å²) in [6.45, 7) is 5.01. The summed E-state index contributed by atoms with van der Waals surface area (Å²) in [5.74, 6) is -0.465. The number of halogens is 3. The number of sulfonamides is 1. The van der Waals surface area contributed by atoms with Gasteiger partial charge < -0.3 is 14.9 Å². The van der Waals surface area contributed by atoms with Crippen molar-refractivity contribution in [2.75, 3.05) is 42.8 Å². The number of anilines is 2. The van der Waals surface area contributed by atoms with E-state index in [1.807, 2.05) is 7.05 Å². The number of hydrogen-bond donors (Lipinski definition) is 2.